The van der Waals surface area contributed by atoms with E-state index in [0.29, 0.717) is 53.2 Å². The molecule has 0 saturated heterocycles. The van der Waals surface area contributed by atoms with E-state index in [9.17, 15) is 9.59 Å². The first-order valence-corrected chi connectivity index (χ1v) is 163. The fourth-order valence-electron chi connectivity index (χ4n) is 3.49. The number of ketones is 1. The van der Waals surface area contributed by atoms with Crippen LogP contribution in [-0.2, 0) is 4.74 Å². The molecule has 0 aliphatic carbocycles. The maximum atomic E-state index is 11.5. The molecule has 3 aromatic carbocycles. The molecule has 0 spiro atoms. The van der Waals surface area contributed by atoms with E-state index < -0.39 is 5.97 Å². The second-order valence-electron chi connectivity index (χ2n) is 9.78. The van der Waals surface area contributed by atoms with Gasteiger partial charge in [-0.05, 0) is 54.6 Å². The van der Waals surface area contributed by atoms with Gasteiger partial charge < -0.3 is 34.0 Å². The largest absolute Gasteiger partial charge is 0.496 e. The maximum absolute atomic E-state index is 11.5. The number of nitrogen functional groups attached to an aromatic ring is 1. The summed E-state index contributed by atoms with van der Waals surface area (Å²) in [4.78, 5) is 25.7. The number of methoxy groups -OCH3 is 4. The molecule has 2 N–H and O–H groups in total. The first-order chi connectivity index (χ1) is 32.8. The Morgan fingerprint density at radius 2 is 1.07 bits per heavy atom. The van der Waals surface area contributed by atoms with E-state index in [1.807, 2.05) is 18.2 Å². The molecule has 0 aliphatic heterocycles. The molecular formula is C31H29Br3I25N4O7-. The SMILES string of the molecule is CC#N.COC(=O)c1cc(Br)ccc1OC.COc1ccc(Br)cc1-c1cc(N)no1.II(I)I(I)I(I)I(I)I(I)I.I[I-]I(I)I(I)I(I)I(I)I(I)I.[C-]#[N+]CC(=O)c1cc(Br)ccc1OC. The number of nitrogens with zero attached hydrogens (tertiary/aromatic N) is 3. The molecule has 1 aromatic heterocycles. The van der Waals surface area contributed by atoms with E-state index in [1.54, 1.807) is 55.6 Å². The van der Waals surface area contributed by atoms with Gasteiger partial charge in [-0.15, -0.1) is 0 Å². The van der Waals surface area contributed by atoms with E-state index in [2.05, 4.69) is 323 Å². The van der Waals surface area contributed by atoms with Crippen molar-refractivity contribution < 1.29 is 46.3 Å². The van der Waals surface area contributed by atoms with Gasteiger partial charge in [0.15, 0.2) is 11.6 Å². The summed E-state index contributed by atoms with van der Waals surface area (Å²) in [6.07, 6.45) is 0. The van der Waals surface area contributed by atoms with Crippen LogP contribution in [0.5, 0.6) is 17.2 Å². The second-order valence-corrected chi connectivity index (χ2v) is 516. The summed E-state index contributed by atoms with van der Waals surface area (Å²) < 4.78 is 27.5. The molecule has 0 saturated carbocycles. The first kappa shape index (κ1) is 85.9. The van der Waals surface area contributed by atoms with Gasteiger partial charge in [-0.1, -0.05) is 52.9 Å². The zero-order chi connectivity index (χ0) is 54.4. The van der Waals surface area contributed by atoms with E-state index in [4.69, 9.17) is 36.3 Å². The van der Waals surface area contributed by atoms with Gasteiger partial charge in [-0.2, -0.15) is 5.26 Å². The number of carbonyl (C=O) groups excluding carboxylic acids is 2. The third-order valence-electron chi connectivity index (χ3n) is 5.90. The number of rotatable bonds is 16. The van der Waals surface area contributed by atoms with Gasteiger partial charge in [0.05, 0.1) is 45.6 Å². The molecule has 0 unspecified atom stereocenters. The number of aromatic nitrogens is 1. The number of nitrogens with two attached hydrogens (primary N) is 1. The molecule has 0 fully saturated rings. The second kappa shape index (κ2) is 52.5. The van der Waals surface area contributed by atoms with E-state index in [-0.39, 0.29) is 91.3 Å². The summed E-state index contributed by atoms with van der Waals surface area (Å²) in [6, 6.07) is 19.3. The molecule has 0 aliphatic rings. The van der Waals surface area contributed by atoms with Crippen molar-refractivity contribution in [3.63, 3.8) is 0 Å². The molecule has 0 atom stereocenters. The quantitative estimate of drug-likeness (QED) is 0.0497. The summed E-state index contributed by atoms with van der Waals surface area (Å²) in [5, 5.41) is 10.9. The number of nitriles is 1. The van der Waals surface area contributed by atoms with E-state index in [1.165, 1.54) is 28.3 Å². The number of esters is 1. The molecule has 4 rings (SSSR count). The number of anilines is 1. The molecule has 0 amide bonds. The molecule has 1 heterocycles. The predicted octanol–water partition coefficient (Wildman–Crippen LogP) is 26.3. The molecule has 412 valence electrons. The molecule has 4 aromatic rings. The molecular weight excluding hydrogens is 3950 g/mol. The van der Waals surface area contributed by atoms with Gasteiger partial charge in [0.25, 0.3) is 6.54 Å². The summed E-state index contributed by atoms with van der Waals surface area (Å²) in [5.41, 5.74) is 7.16. The van der Waals surface area contributed by atoms with Gasteiger partial charge in [-0.25, -0.2) is 11.4 Å². The molecule has 70 heavy (non-hydrogen) atoms. The van der Waals surface area contributed by atoms with Gasteiger partial charge in [0.1, 0.15) is 22.8 Å². The van der Waals surface area contributed by atoms with Gasteiger partial charge in [0.2, 0.25) is 5.78 Å². The Bertz CT molecular complexity index is 2240. The number of halogens is 28. The summed E-state index contributed by atoms with van der Waals surface area (Å²) >= 11 is 51.0. The monoisotopic (exact) mass is 3980 g/mol. The predicted molar refractivity (Wildman–Crippen MR) is 517 cm³/mol. The minimum Gasteiger partial charge on any atom is -0.496 e. The van der Waals surface area contributed by atoms with E-state index >= 15 is 0 Å². The Kier molecular flexibility index (Phi) is 64.5. The number of carbonyl (C=O) groups is 2. The van der Waals surface area contributed by atoms with Crippen molar-refractivity contribution in [1.29, 1.82) is 5.26 Å². The van der Waals surface area contributed by atoms with Crippen molar-refractivity contribution in [2.45, 2.75) is 6.92 Å². The number of Topliss-reactive ketones (excluding diaryl/α,β-unsaturated/α-hetero) is 1. The minimum atomic E-state index is -0.404. The molecule has 0 bridgehead atoms. The number of hydrogen-bond acceptors (Lipinski definition) is 10. The van der Waals surface area contributed by atoms with E-state index in [0.717, 1.165) is 19.0 Å². The standard InChI is InChI=1S/C10H9BrN2O2.C10H8BrNO2.C9H9BrO3.C2H3N.I13.I12/c1-14-8-3-2-6(11)4-7(8)9-5-10(12)13-15-9;1-12-6-9(13)8-5-7(11)3-4-10(8)14-2;1-12-8-4-3-6(10)5-7(8)9(11)13-2;1-2-3;1-8-10(4)12(6)13(7)11(5)9(2)3;1-8(2)10(5)12(7)11(6)9(3)4/h2-5H,1H3,(H2,12,13);3-5H,6H2,2H3;3-5H,1-2H3;1H3;;/q;;;;-1;. The zero-order valence-corrected chi connectivity index (χ0v) is 93.0. The van der Waals surface area contributed by atoms with Crippen LogP contribution in [0.15, 0.2) is 78.6 Å². The summed E-state index contributed by atoms with van der Waals surface area (Å²) in [7, 11) is 2.67. The summed E-state index contributed by atoms with van der Waals surface area (Å²) in [6.45, 7) is 7.90. The van der Waals surface area contributed by atoms with Crippen molar-refractivity contribution in [3.8, 4) is 34.6 Å². The smallest absolute Gasteiger partial charge is 0.276 e. The third kappa shape index (κ3) is 37.9. The van der Waals surface area contributed by atoms with Gasteiger partial charge >= 0.3 is 359 Å². The van der Waals surface area contributed by atoms with Crippen LogP contribution in [0.2, 0.25) is 0 Å². The van der Waals surface area contributed by atoms with Crippen molar-refractivity contribution in [2.24, 2.45) is 0 Å². The van der Waals surface area contributed by atoms with Crippen molar-refractivity contribution in [1.82, 2.24) is 5.16 Å². The average molecular weight is 3980 g/mol. The molecule has 39 heteroatoms. The van der Waals surface area contributed by atoms with Crippen LogP contribution in [0.4, 0.5) is 5.82 Å². The zero-order valence-electron chi connectivity index (χ0n) is 34.3. The number of ether oxygens (including phenoxy) is 4. The van der Waals surface area contributed by atoms with Crippen LogP contribution < -0.4 is 33.2 Å². The Morgan fingerprint density at radius 3 is 1.43 bits per heavy atom. The Morgan fingerprint density at radius 1 is 0.686 bits per heavy atom. The molecule has 0 radical (unpaired) electrons. The topological polar surface area (TPSA) is 151 Å². The minimum absolute atomic E-state index is 0.146. The number of benzene rings is 3. The van der Waals surface area contributed by atoms with Crippen molar-refractivity contribution in [2.75, 3.05) is 40.7 Å². The van der Waals surface area contributed by atoms with Gasteiger partial charge in [-0.3, -0.25) is 4.79 Å². The Labute approximate surface area is 618 Å². The fraction of sp³-hybridized carbons (Fsp3) is 0.194. The Hall–Kier alpha value is 13.9. The van der Waals surface area contributed by atoms with Crippen LogP contribution in [0, 0.1) is 17.9 Å². The molecule has 11 nitrogen and oxygen atoms in total. The first-order valence-electron chi connectivity index (χ1n) is 15.8. The van der Waals surface area contributed by atoms with Crippen LogP contribution in [0.1, 0.15) is 27.6 Å². The maximum Gasteiger partial charge on any atom is 0.276 e. The van der Waals surface area contributed by atoms with Crippen LogP contribution in [-0.4, -0.2) is 51.9 Å². The van der Waals surface area contributed by atoms with Crippen molar-refractivity contribution >= 4 is 405 Å². The normalized spacial score (nSPS) is 11.9. The van der Waals surface area contributed by atoms with Crippen LogP contribution in [0.3, 0.4) is 0 Å². The summed E-state index contributed by atoms with van der Waals surface area (Å²) in [5.74, 6) is 2.04. The van der Waals surface area contributed by atoms with Crippen LogP contribution in [0.25, 0.3) is 16.2 Å². The third-order valence-corrected chi connectivity index (χ3v) is 1410. The van der Waals surface area contributed by atoms with Crippen LogP contribution >= 0.6 is 387 Å². The van der Waals surface area contributed by atoms with Crippen molar-refractivity contribution in [3.05, 3.63) is 96.6 Å². The fourth-order valence-corrected chi connectivity index (χ4v) is 2730. The average Bonchev–Trinajstić information content (AvgIpc) is 3.78. The van der Waals surface area contributed by atoms with Gasteiger partial charge in [0, 0.05) is 26.4 Å². The number of hydrogen-bond donors (Lipinski definition) is 1. The Balaban J connectivity index is 0.